The van der Waals surface area contributed by atoms with Gasteiger partial charge in [0.05, 0.1) is 4.92 Å². The molecule has 0 bridgehead atoms. The van der Waals surface area contributed by atoms with Crippen molar-refractivity contribution in [3.05, 3.63) is 39.9 Å². The van der Waals surface area contributed by atoms with Crippen LogP contribution in [-0.2, 0) is 6.42 Å². The molecule has 1 aromatic carbocycles. The van der Waals surface area contributed by atoms with Gasteiger partial charge in [0.1, 0.15) is 0 Å². The van der Waals surface area contributed by atoms with Crippen LogP contribution in [0.3, 0.4) is 0 Å². The van der Waals surface area contributed by atoms with Crippen molar-refractivity contribution in [3.63, 3.8) is 0 Å². The second-order valence-electron chi connectivity index (χ2n) is 5.08. The van der Waals surface area contributed by atoms with Gasteiger partial charge in [-0.15, -0.1) is 0 Å². The Morgan fingerprint density at radius 1 is 1.22 bits per heavy atom. The predicted molar refractivity (Wildman–Crippen MR) is 73.7 cm³/mol. The molecule has 1 unspecified atom stereocenters. The minimum absolute atomic E-state index is 0.155. The van der Waals surface area contributed by atoms with Crippen LogP contribution in [-0.4, -0.2) is 18.0 Å². The summed E-state index contributed by atoms with van der Waals surface area (Å²) in [5.41, 5.74) is 1.30. The fourth-order valence-corrected chi connectivity index (χ4v) is 1.92. The minimum Gasteiger partial charge on any atom is -0.317 e. The molecule has 0 aliphatic heterocycles. The molecule has 1 N–H and O–H groups in total. The molecule has 0 radical (unpaired) electrons. The van der Waals surface area contributed by atoms with Gasteiger partial charge in [-0.2, -0.15) is 0 Å². The van der Waals surface area contributed by atoms with Gasteiger partial charge in [0.2, 0.25) is 0 Å². The van der Waals surface area contributed by atoms with Gasteiger partial charge in [-0.25, -0.2) is 0 Å². The third-order valence-corrected chi connectivity index (χ3v) is 3.13. The Labute approximate surface area is 109 Å². The number of nitrogens with zero attached hydrogens (tertiary/aromatic N) is 1. The normalized spacial score (nSPS) is 12.7. The van der Waals surface area contributed by atoms with Crippen LogP contribution in [0.4, 0.5) is 5.69 Å². The third kappa shape index (κ3) is 4.84. The second kappa shape index (κ2) is 7.11. The van der Waals surface area contributed by atoms with E-state index in [1.54, 1.807) is 12.1 Å². The van der Waals surface area contributed by atoms with Gasteiger partial charge < -0.3 is 5.32 Å². The summed E-state index contributed by atoms with van der Waals surface area (Å²) in [4.78, 5) is 10.2. The largest absolute Gasteiger partial charge is 0.317 e. The first-order valence-electron chi connectivity index (χ1n) is 6.43. The summed E-state index contributed by atoms with van der Waals surface area (Å²) < 4.78 is 0. The number of hydrogen-bond donors (Lipinski definition) is 1. The fraction of sp³-hybridized carbons (Fsp3) is 0.571. The van der Waals surface area contributed by atoms with Crippen LogP contribution in [0.2, 0.25) is 0 Å². The van der Waals surface area contributed by atoms with E-state index in [9.17, 15) is 10.1 Å². The monoisotopic (exact) mass is 250 g/mol. The SMILES string of the molecule is CNC(CCC(C)C)Cc1ccc([N+](=O)[O-])cc1. The molecule has 4 heteroatoms. The van der Waals surface area contributed by atoms with Crippen molar-refractivity contribution in [2.75, 3.05) is 7.05 Å². The average molecular weight is 250 g/mol. The van der Waals surface area contributed by atoms with Crippen LogP contribution in [0.5, 0.6) is 0 Å². The Bertz CT molecular complexity index is 374. The van der Waals surface area contributed by atoms with E-state index in [4.69, 9.17) is 0 Å². The van der Waals surface area contributed by atoms with E-state index in [0.717, 1.165) is 18.4 Å². The Morgan fingerprint density at radius 2 is 1.83 bits per heavy atom. The summed E-state index contributed by atoms with van der Waals surface area (Å²) in [7, 11) is 1.97. The van der Waals surface area contributed by atoms with Gasteiger partial charge in [0, 0.05) is 18.2 Å². The highest BCUT2D eigenvalue weighted by molar-refractivity contribution is 5.33. The molecule has 0 aliphatic rings. The lowest BCUT2D eigenvalue weighted by Crippen LogP contribution is -2.27. The van der Waals surface area contributed by atoms with Gasteiger partial charge in [0.25, 0.3) is 5.69 Å². The number of nitrogens with one attached hydrogen (secondary N) is 1. The molecule has 0 aromatic heterocycles. The molecule has 1 atom stereocenters. The second-order valence-corrected chi connectivity index (χ2v) is 5.08. The number of non-ortho nitro benzene ring substituents is 1. The first kappa shape index (κ1) is 14.6. The molecule has 0 amide bonds. The van der Waals surface area contributed by atoms with Gasteiger partial charge in [-0.1, -0.05) is 26.0 Å². The van der Waals surface area contributed by atoms with Crippen molar-refractivity contribution in [1.29, 1.82) is 0 Å². The van der Waals surface area contributed by atoms with Crippen LogP contribution in [0, 0.1) is 16.0 Å². The molecule has 1 aromatic rings. The highest BCUT2D eigenvalue weighted by atomic mass is 16.6. The third-order valence-electron chi connectivity index (χ3n) is 3.13. The van der Waals surface area contributed by atoms with E-state index in [-0.39, 0.29) is 10.6 Å². The maximum absolute atomic E-state index is 10.6. The average Bonchev–Trinajstić information content (AvgIpc) is 2.34. The number of hydrogen-bond acceptors (Lipinski definition) is 3. The maximum atomic E-state index is 10.6. The molecule has 0 fully saturated rings. The van der Waals surface area contributed by atoms with Crippen LogP contribution in [0.1, 0.15) is 32.3 Å². The van der Waals surface area contributed by atoms with E-state index in [0.29, 0.717) is 12.0 Å². The fourth-order valence-electron chi connectivity index (χ4n) is 1.92. The Balaban J connectivity index is 2.56. The zero-order valence-electron chi connectivity index (χ0n) is 11.3. The molecular formula is C14H22N2O2. The minimum atomic E-state index is -0.363. The van der Waals surface area contributed by atoms with Crippen molar-refractivity contribution >= 4 is 5.69 Å². The zero-order valence-corrected chi connectivity index (χ0v) is 11.3. The Kier molecular flexibility index (Phi) is 5.78. The van der Waals surface area contributed by atoms with Crippen LogP contribution in [0.25, 0.3) is 0 Å². The summed E-state index contributed by atoms with van der Waals surface area (Å²) in [6.45, 7) is 4.44. The van der Waals surface area contributed by atoms with E-state index >= 15 is 0 Å². The van der Waals surface area contributed by atoms with Gasteiger partial charge in [-0.05, 0) is 37.8 Å². The smallest absolute Gasteiger partial charge is 0.269 e. The van der Waals surface area contributed by atoms with Crippen LogP contribution >= 0.6 is 0 Å². The summed E-state index contributed by atoms with van der Waals surface area (Å²) >= 11 is 0. The van der Waals surface area contributed by atoms with Gasteiger partial charge in [0.15, 0.2) is 0 Å². The lowest BCUT2D eigenvalue weighted by Gasteiger charge is -2.17. The van der Waals surface area contributed by atoms with Crippen molar-refractivity contribution in [2.45, 2.75) is 39.2 Å². The Morgan fingerprint density at radius 3 is 2.28 bits per heavy atom. The lowest BCUT2D eigenvalue weighted by atomic mass is 9.98. The molecule has 100 valence electrons. The summed E-state index contributed by atoms with van der Waals surface area (Å²) in [5.74, 6) is 0.706. The molecule has 4 nitrogen and oxygen atoms in total. The number of nitro benzene ring substituents is 1. The topological polar surface area (TPSA) is 55.2 Å². The molecule has 1 rings (SSSR count). The molecular weight excluding hydrogens is 228 g/mol. The number of rotatable bonds is 7. The van der Waals surface area contributed by atoms with E-state index < -0.39 is 0 Å². The summed E-state index contributed by atoms with van der Waals surface area (Å²) in [6, 6.07) is 7.28. The number of likely N-dealkylation sites (N-methyl/N-ethyl adjacent to an activating group) is 1. The molecule has 0 saturated carbocycles. The highest BCUT2D eigenvalue weighted by Gasteiger charge is 2.10. The van der Waals surface area contributed by atoms with Gasteiger partial charge >= 0.3 is 0 Å². The molecule has 0 spiro atoms. The predicted octanol–water partition coefficient (Wildman–Crippen LogP) is 3.16. The molecule has 0 aliphatic carbocycles. The first-order valence-corrected chi connectivity index (χ1v) is 6.43. The van der Waals surface area contributed by atoms with Crippen molar-refractivity contribution in [3.8, 4) is 0 Å². The van der Waals surface area contributed by atoms with Crippen molar-refractivity contribution < 1.29 is 4.92 Å². The summed E-state index contributed by atoms with van der Waals surface area (Å²) in [6.07, 6.45) is 3.24. The van der Waals surface area contributed by atoms with Crippen LogP contribution in [0.15, 0.2) is 24.3 Å². The summed E-state index contributed by atoms with van der Waals surface area (Å²) in [5, 5.41) is 13.9. The molecule has 18 heavy (non-hydrogen) atoms. The zero-order chi connectivity index (χ0) is 13.5. The van der Waals surface area contributed by atoms with Gasteiger partial charge in [-0.3, -0.25) is 10.1 Å². The first-order chi connectivity index (χ1) is 8.52. The lowest BCUT2D eigenvalue weighted by molar-refractivity contribution is -0.384. The highest BCUT2D eigenvalue weighted by Crippen LogP contribution is 2.15. The quantitative estimate of drug-likeness (QED) is 0.597. The van der Waals surface area contributed by atoms with Crippen LogP contribution < -0.4 is 5.32 Å². The van der Waals surface area contributed by atoms with E-state index in [1.165, 1.54) is 6.42 Å². The maximum Gasteiger partial charge on any atom is 0.269 e. The van der Waals surface area contributed by atoms with E-state index in [1.807, 2.05) is 19.2 Å². The molecule has 0 heterocycles. The van der Waals surface area contributed by atoms with Crippen molar-refractivity contribution in [1.82, 2.24) is 5.32 Å². The molecule has 0 saturated heterocycles. The van der Waals surface area contributed by atoms with E-state index in [2.05, 4.69) is 19.2 Å². The van der Waals surface area contributed by atoms with Crippen molar-refractivity contribution in [2.24, 2.45) is 5.92 Å². The number of benzene rings is 1. The standard InChI is InChI=1S/C14H22N2O2/c1-11(2)4-7-13(15-3)10-12-5-8-14(9-6-12)16(17)18/h5-6,8-9,11,13,15H,4,7,10H2,1-3H3. The Hall–Kier alpha value is -1.42. The number of nitro groups is 1.